The van der Waals surface area contributed by atoms with Crippen LogP contribution in [0, 0.1) is 12.8 Å². The van der Waals surface area contributed by atoms with Crippen LogP contribution in [-0.2, 0) is 4.74 Å². The van der Waals surface area contributed by atoms with Gasteiger partial charge in [0.15, 0.2) is 0 Å². The molecule has 0 saturated heterocycles. The first-order valence-electron chi connectivity index (χ1n) is 4.53. The summed E-state index contributed by atoms with van der Waals surface area (Å²) in [6.07, 6.45) is 0. The molecular formula is C10H15NO2S. The van der Waals surface area contributed by atoms with E-state index in [9.17, 15) is 4.79 Å². The summed E-state index contributed by atoms with van der Waals surface area (Å²) in [5.41, 5.74) is 6.30. The summed E-state index contributed by atoms with van der Waals surface area (Å²) < 4.78 is 5.07. The molecule has 0 aromatic carbocycles. The van der Waals surface area contributed by atoms with Crippen molar-refractivity contribution in [1.82, 2.24) is 0 Å². The van der Waals surface area contributed by atoms with Gasteiger partial charge in [0.1, 0.15) is 4.88 Å². The SMILES string of the molecule is Cc1sc(C(=O)OCC(C)C)cc1N. The number of rotatable bonds is 3. The van der Waals surface area contributed by atoms with Crippen molar-refractivity contribution in [3.05, 3.63) is 15.8 Å². The van der Waals surface area contributed by atoms with E-state index in [0.717, 1.165) is 4.88 Å². The van der Waals surface area contributed by atoms with Crippen LogP contribution in [0.4, 0.5) is 5.69 Å². The molecule has 0 spiro atoms. The lowest BCUT2D eigenvalue weighted by Crippen LogP contribution is -2.08. The van der Waals surface area contributed by atoms with Crippen LogP contribution in [0.15, 0.2) is 6.07 Å². The van der Waals surface area contributed by atoms with E-state index in [1.165, 1.54) is 11.3 Å². The van der Waals surface area contributed by atoms with Gasteiger partial charge < -0.3 is 10.5 Å². The number of aryl methyl sites for hydroxylation is 1. The first kappa shape index (κ1) is 11.0. The minimum Gasteiger partial charge on any atom is -0.461 e. The fourth-order valence-electron chi connectivity index (χ4n) is 0.910. The van der Waals surface area contributed by atoms with Gasteiger partial charge in [-0.2, -0.15) is 0 Å². The lowest BCUT2D eigenvalue weighted by atomic mass is 10.2. The summed E-state index contributed by atoms with van der Waals surface area (Å²) in [7, 11) is 0. The Morgan fingerprint density at radius 2 is 2.29 bits per heavy atom. The van der Waals surface area contributed by atoms with E-state index in [-0.39, 0.29) is 5.97 Å². The molecule has 0 aliphatic rings. The van der Waals surface area contributed by atoms with Gasteiger partial charge in [-0.3, -0.25) is 0 Å². The second-order valence-corrected chi connectivity index (χ2v) is 4.87. The molecule has 0 radical (unpaired) electrons. The van der Waals surface area contributed by atoms with Crippen LogP contribution in [0.2, 0.25) is 0 Å². The fraction of sp³-hybridized carbons (Fsp3) is 0.500. The molecule has 1 heterocycles. The Kier molecular flexibility index (Phi) is 3.52. The maximum atomic E-state index is 11.4. The normalized spacial score (nSPS) is 10.6. The monoisotopic (exact) mass is 213 g/mol. The average Bonchev–Trinajstić information content (AvgIpc) is 2.43. The van der Waals surface area contributed by atoms with E-state index < -0.39 is 0 Å². The molecule has 0 bridgehead atoms. The Bertz CT molecular complexity index is 311. The summed E-state index contributed by atoms with van der Waals surface area (Å²) in [5, 5.41) is 0. The van der Waals surface area contributed by atoms with E-state index >= 15 is 0 Å². The number of carbonyl (C=O) groups excluding carboxylic acids is 1. The highest BCUT2D eigenvalue weighted by Crippen LogP contribution is 2.23. The van der Waals surface area contributed by atoms with Crippen LogP contribution in [0.25, 0.3) is 0 Å². The van der Waals surface area contributed by atoms with Gasteiger partial charge in [-0.15, -0.1) is 11.3 Å². The number of nitrogen functional groups attached to an aromatic ring is 1. The maximum Gasteiger partial charge on any atom is 0.348 e. The molecule has 0 aliphatic heterocycles. The molecule has 4 heteroatoms. The standard InChI is InChI=1S/C10H15NO2S/c1-6(2)5-13-10(12)9-4-8(11)7(3)14-9/h4,6H,5,11H2,1-3H3. The second kappa shape index (κ2) is 4.46. The first-order chi connectivity index (χ1) is 6.50. The van der Waals surface area contributed by atoms with Gasteiger partial charge in [0.05, 0.1) is 6.61 Å². The zero-order chi connectivity index (χ0) is 10.7. The topological polar surface area (TPSA) is 52.3 Å². The number of thiophene rings is 1. The quantitative estimate of drug-likeness (QED) is 0.785. The Balaban J connectivity index is 2.61. The summed E-state index contributed by atoms with van der Waals surface area (Å²) in [4.78, 5) is 13.0. The minimum absolute atomic E-state index is 0.275. The van der Waals surface area contributed by atoms with Gasteiger partial charge in [-0.05, 0) is 18.9 Å². The van der Waals surface area contributed by atoms with Crippen molar-refractivity contribution < 1.29 is 9.53 Å². The van der Waals surface area contributed by atoms with E-state index in [2.05, 4.69) is 0 Å². The van der Waals surface area contributed by atoms with Crippen molar-refractivity contribution >= 4 is 23.0 Å². The molecule has 0 aliphatic carbocycles. The number of anilines is 1. The summed E-state index contributed by atoms with van der Waals surface area (Å²) >= 11 is 1.37. The van der Waals surface area contributed by atoms with Crippen molar-refractivity contribution in [2.24, 2.45) is 5.92 Å². The van der Waals surface area contributed by atoms with E-state index in [4.69, 9.17) is 10.5 Å². The molecule has 2 N–H and O–H groups in total. The number of ether oxygens (including phenoxy) is 1. The number of esters is 1. The molecule has 0 amide bonds. The van der Waals surface area contributed by atoms with E-state index in [0.29, 0.717) is 23.1 Å². The molecule has 0 atom stereocenters. The third-order valence-corrected chi connectivity index (χ3v) is 2.75. The average molecular weight is 213 g/mol. The molecule has 0 unspecified atom stereocenters. The highest BCUT2D eigenvalue weighted by molar-refractivity contribution is 7.14. The van der Waals surface area contributed by atoms with Crippen LogP contribution >= 0.6 is 11.3 Å². The molecule has 78 valence electrons. The summed E-state index contributed by atoms with van der Waals surface area (Å²) in [5.74, 6) is 0.0841. The van der Waals surface area contributed by atoms with Crippen LogP contribution in [0.1, 0.15) is 28.4 Å². The molecule has 3 nitrogen and oxygen atoms in total. The van der Waals surface area contributed by atoms with Gasteiger partial charge >= 0.3 is 5.97 Å². The molecule has 1 aromatic heterocycles. The van der Waals surface area contributed by atoms with Crippen molar-refractivity contribution in [3.8, 4) is 0 Å². The van der Waals surface area contributed by atoms with Gasteiger partial charge in [-0.1, -0.05) is 13.8 Å². The van der Waals surface area contributed by atoms with Crippen LogP contribution in [-0.4, -0.2) is 12.6 Å². The lowest BCUT2D eigenvalue weighted by molar-refractivity contribution is 0.0465. The molecule has 1 rings (SSSR count). The number of carbonyl (C=O) groups is 1. The van der Waals surface area contributed by atoms with Crippen molar-refractivity contribution in [1.29, 1.82) is 0 Å². The number of nitrogens with two attached hydrogens (primary N) is 1. The predicted octanol–water partition coefficient (Wildman–Crippen LogP) is 2.45. The summed E-state index contributed by atoms with van der Waals surface area (Å²) in [6, 6.07) is 1.67. The molecule has 0 saturated carbocycles. The van der Waals surface area contributed by atoms with Crippen molar-refractivity contribution in [2.75, 3.05) is 12.3 Å². The highest BCUT2D eigenvalue weighted by Gasteiger charge is 2.12. The molecule has 14 heavy (non-hydrogen) atoms. The third kappa shape index (κ3) is 2.73. The minimum atomic E-state index is -0.275. The summed E-state index contributed by atoms with van der Waals surface area (Å²) in [6.45, 7) is 6.34. The zero-order valence-electron chi connectivity index (χ0n) is 8.66. The Morgan fingerprint density at radius 3 is 2.71 bits per heavy atom. The second-order valence-electron chi connectivity index (χ2n) is 3.61. The Hall–Kier alpha value is -1.03. The van der Waals surface area contributed by atoms with E-state index in [1.807, 2.05) is 20.8 Å². The maximum absolute atomic E-state index is 11.4. The molecule has 0 fully saturated rings. The van der Waals surface area contributed by atoms with Gasteiger partial charge in [0, 0.05) is 10.6 Å². The zero-order valence-corrected chi connectivity index (χ0v) is 9.48. The van der Waals surface area contributed by atoms with Crippen LogP contribution < -0.4 is 5.73 Å². The van der Waals surface area contributed by atoms with Crippen molar-refractivity contribution in [3.63, 3.8) is 0 Å². The largest absolute Gasteiger partial charge is 0.461 e. The van der Waals surface area contributed by atoms with Crippen LogP contribution in [0.5, 0.6) is 0 Å². The third-order valence-electron chi connectivity index (χ3n) is 1.71. The van der Waals surface area contributed by atoms with Gasteiger partial charge in [-0.25, -0.2) is 4.79 Å². The molecule has 1 aromatic rings. The van der Waals surface area contributed by atoms with E-state index in [1.54, 1.807) is 6.07 Å². The Labute approximate surface area is 87.9 Å². The predicted molar refractivity (Wildman–Crippen MR) is 58.6 cm³/mol. The lowest BCUT2D eigenvalue weighted by Gasteiger charge is -2.04. The smallest absolute Gasteiger partial charge is 0.348 e. The number of hydrogen-bond acceptors (Lipinski definition) is 4. The Morgan fingerprint density at radius 1 is 1.64 bits per heavy atom. The fourth-order valence-corrected chi connectivity index (χ4v) is 1.75. The molecular weight excluding hydrogens is 198 g/mol. The van der Waals surface area contributed by atoms with Gasteiger partial charge in [0.2, 0.25) is 0 Å². The number of hydrogen-bond donors (Lipinski definition) is 1. The van der Waals surface area contributed by atoms with Crippen LogP contribution in [0.3, 0.4) is 0 Å². The van der Waals surface area contributed by atoms with Gasteiger partial charge in [0.25, 0.3) is 0 Å². The first-order valence-corrected chi connectivity index (χ1v) is 5.35. The van der Waals surface area contributed by atoms with Crippen molar-refractivity contribution in [2.45, 2.75) is 20.8 Å². The highest BCUT2D eigenvalue weighted by atomic mass is 32.1.